The fourth-order valence-electron chi connectivity index (χ4n) is 9.27. The Kier molecular flexibility index (Phi) is 14.8. The fraction of sp³-hybridized carbons (Fsp3) is 0.400. The summed E-state index contributed by atoms with van der Waals surface area (Å²) in [5, 5.41) is 0. The number of benzene rings is 5. The van der Waals surface area contributed by atoms with Crippen molar-refractivity contribution >= 4 is 29.2 Å². The highest BCUT2D eigenvalue weighted by atomic mass is 79.9. The van der Waals surface area contributed by atoms with Crippen LogP contribution in [0.25, 0.3) is 22.3 Å². The number of methoxy groups -OCH3 is 4. The molecule has 0 bridgehead atoms. The van der Waals surface area contributed by atoms with Gasteiger partial charge in [-0.25, -0.2) is 0 Å². The smallest absolute Gasteiger partial charge is 0.147 e. The molecule has 0 unspecified atom stereocenters. The predicted octanol–water partition coefficient (Wildman–Crippen LogP) is 9.85. The van der Waals surface area contributed by atoms with E-state index in [1.165, 1.54) is 11.0 Å². The molecule has 0 heterocycles. The topological polar surface area (TPSA) is 73.8 Å². The third-order valence-electron chi connectivity index (χ3n) is 12.9. The standard InChI is InChI=1S/C50H58BBrO8/c1-53-33-57-47(25-29-49(30-26-47,59-35-55-3)43-17-21-45(51)22-18-43)41-13-9-39(10-14-41)37-5-7-38(8-6-37)40-11-15-42(16-12-40)48(58-34-54-2)27-31-50(32-28-48,60-36-56-4)44-19-23-46(52)24-20-44/h5-24H,25-36,51H2,1-4H3. The van der Waals surface area contributed by atoms with Crippen molar-refractivity contribution in [1.29, 1.82) is 0 Å². The average Bonchev–Trinajstić information content (AvgIpc) is 3.30. The summed E-state index contributed by atoms with van der Waals surface area (Å²) < 4.78 is 48.7. The van der Waals surface area contributed by atoms with E-state index >= 15 is 0 Å². The Balaban J connectivity index is 1.05. The van der Waals surface area contributed by atoms with Gasteiger partial charge in [-0.1, -0.05) is 131 Å². The fourth-order valence-corrected chi connectivity index (χ4v) is 9.53. The van der Waals surface area contributed by atoms with Crippen LogP contribution in [0.4, 0.5) is 0 Å². The molecule has 2 saturated carbocycles. The van der Waals surface area contributed by atoms with Crippen LogP contribution in [0.15, 0.2) is 126 Å². The van der Waals surface area contributed by atoms with Gasteiger partial charge in [-0.05, 0) is 108 Å². The van der Waals surface area contributed by atoms with Gasteiger partial charge in [0, 0.05) is 32.9 Å². The second kappa shape index (κ2) is 20.0. The summed E-state index contributed by atoms with van der Waals surface area (Å²) in [4.78, 5) is 0. The molecule has 60 heavy (non-hydrogen) atoms. The van der Waals surface area contributed by atoms with Crippen LogP contribution in [0.5, 0.6) is 0 Å². The molecule has 2 aliphatic carbocycles. The van der Waals surface area contributed by atoms with E-state index in [4.69, 9.17) is 37.9 Å². The molecule has 2 fully saturated rings. The first-order valence-corrected chi connectivity index (χ1v) is 21.7. The highest BCUT2D eigenvalue weighted by Crippen LogP contribution is 2.51. The zero-order valence-electron chi connectivity index (χ0n) is 35.7. The Morgan fingerprint density at radius 1 is 0.367 bits per heavy atom. The number of ether oxygens (including phenoxy) is 8. The van der Waals surface area contributed by atoms with Gasteiger partial charge in [0.15, 0.2) is 0 Å². The predicted molar refractivity (Wildman–Crippen MR) is 242 cm³/mol. The van der Waals surface area contributed by atoms with Crippen LogP contribution in [0, 0.1) is 0 Å². The van der Waals surface area contributed by atoms with Crippen molar-refractivity contribution in [3.63, 3.8) is 0 Å². The number of hydrogen-bond acceptors (Lipinski definition) is 8. The molecule has 5 aromatic carbocycles. The van der Waals surface area contributed by atoms with Crippen LogP contribution >= 0.6 is 15.9 Å². The quantitative estimate of drug-likeness (QED) is 0.0637. The lowest BCUT2D eigenvalue weighted by Crippen LogP contribution is -2.43. The maximum atomic E-state index is 6.55. The molecule has 0 aliphatic heterocycles. The maximum Gasteiger partial charge on any atom is 0.147 e. The van der Waals surface area contributed by atoms with Crippen LogP contribution in [-0.2, 0) is 60.3 Å². The summed E-state index contributed by atoms with van der Waals surface area (Å²) in [7, 11) is 8.80. The van der Waals surface area contributed by atoms with E-state index in [0.29, 0.717) is 0 Å². The van der Waals surface area contributed by atoms with Gasteiger partial charge in [0.1, 0.15) is 35.0 Å². The van der Waals surface area contributed by atoms with Crippen molar-refractivity contribution in [2.45, 2.75) is 73.8 Å². The molecule has 7 rings (SSSR count). The Hall–Kier alpha value is -3.68. The molecule has 0 saturated heterocycles. The molecule has 0 atom stereocenters. The normalized spacial score (nSPS) is 24.4. The molecule has 5 aromatic rings. The molecule has 0 spiro atoms. The lowest BCUT2D eigenvalue weighted by molar-refractivity contribution is -0.203. The van der Waals surface area contributed by atoms with Crippen LogP contribution < -0.4 is 5.46 Å². The minimum atomic E-state index is -0.493. The summed E-state index contributed by atoms with van der Waals surface area (Å²) in [6.07, 6.45) is 6.29. The van der Waals surface area contributed by atoms with E-state index in [-0.39, 0.29) is 27.2 Å². The van der Waals surface area contributed by atoms with Crippen molar-refractivity contribution in [2.24, 2.45) is 0 Å². The van der Waals surface area contributed by atoms with E-state index in [1.807, 2.05) is 0 Å². The van der Waals surface area contributed by atoms with Gasteiger partial charge in [-0.3, -0.25) is 0 Å². The van der Waals surface area contributed by atoms with Gasteiger partial charge in [0.25, 0.3) is 0 Å². The molecule has 0 N–H and O–H groups in total. The Morgan fingerprint density at radius 3 is 0.833 bits per heavy atom. The minimum Gasteiger partial charge on any atom is -0.359 e. The van der Waals surface area contributed by atoms with E-state index in [1.54, 1.807) is 28.4 Å². The van der Waals surface area contributed by atoms with E-state index in [0.717, 1.165) is 94.8 Å². The summed E-state index contributed by atoms with van der Waals surface area (Å²) in [6, 6.07) is 43.6. The van der Waals surface area contributed by atoms with E-state index in [9.17, 15) is 0 Å². The van der Waals surface area contributed by atoms with Gasteiger partial charge in [-0.2, -0.15) is 0 Å². The Bertz CT molecular complexity index is 1920. The van der Waals surface area contributed by atoms with Crippen molar-refractivity contribution in [3.05, 3.63) is 148 Å². The number of halogens is 1. The summed E-state index contributed by atoms with van der Waals surface area (Å²) in [5.74, 6) is 0. The van der Waals surface area contributed by atoms with Gasteiger partial charge in [-0.15, -0.1) is 0 Å². The third-order valence-corrected chi connectivity index (χ3v) is 13.4. The molecule has 8 nitrogen and oxygen atoms in total. The second-order valence-electron chi connectivity index (χ2n) is 16.3. The minimum absolute atomic E-state index is 0.216. The highest BCUT2D eigenvalue weighted by molar-refractivity contribution is 9.10. The van der Waals surface area contributed by atoms with Crippen molar-refractivity contribution in [2.75, 3.05) is 55.6 Å². The Morgan fingerprint density at radius 2 is 0.583 bits per heavy atom. The first-order chi connectivity index (χ1) is 29.2. The van der Waals surface area contributed by atoms with E-state index in [2.05, 4.69) is 145 Å². The van der Waals surface area contributed by atoms with Crippen LogP contribution in [0.2, 0.25) is 0 Å². The van der Waals surface area contributed by atoms with Crippen molar-refractivity contribution in [3.8, 4) is 22.3 Å². The molecule has 2 aliphatic rings. The van der Waals surface area contributed by atoms with Crippen LogP contribution in [0.3, 0.4) is 0 Å². The molecule has 0 radical (unpaired) electrons. The van der Waals surface area contributed by atoms with Gasteiger partial charge in [0.2, 0.25) is 0 Å². The molecular weight excluding hydrogens is 819 g/mol. The average molecular weight is 878 g/mol. The van der Waals surface area contributed by atoms with Crippen molar-refractivity contribution in [1.82, 2.24) is 0 Å². The number of rotatable bonds is 18. The molecular formula is C50H58BBrO8. The molecule has 10 heteroatoms. The largest absolute Gasteiger partial charge is 0.359 e. The molecule has 316 valence electrons. The summed E-state index contributed by atoms with van der Waals surface area (Å²) >= 11 is 3.58. The molecule has 0 aromatic heterocycles. The monoisotopic (exact) mass is 876 g/mol. The zero-order chi connectivity index (χ0) is 42.1. The summed E-state index contributed by atoms with van der Waals surface area (Å²) in [5.41, 5.74) is 8.59. The zero-order valence-corrected chi connectivity index (χ0v) is 37.3. The number of hydrogen-bond donors (Lipinski definition) is 0. The van der Waals surface area contributed by atoms with E-state index < -0.39 is 22.4 Å². The lowest BCUT2D eigenvalue weighted by Gasteiger charge is -2.46. The summed E-state index contributed by atoms with van der Waals surface area (Å²) in [6.45, 7) is 0.908. The first-order valence-electron chi connectivity index (χ1n) is 20.9. The van der Waals surface area contributed by atoms with Gasteiger partial charge >= 0.3 is 0 Å². The van der Waals surface area contributed by atoms with Gasteiger partial charge in [0.05, 0.1) is 22.4 Å². The Labute approximate surface area is 365 Å². The van der Waals surface area contributed by atoms with Gasteiger partial charge < -0.3 is 37.9 Å². The third kappa shape index (κ3) is 9.68. The maximum absolute atomic E-state index is 6.55. The second-order valence-corrected chi connectivity index (χ2v) is 17.2. The molecule has 0 amide bonds. The SMILES string of the molecule is Bc1ccc(C2(OCOC)CCC(OCOC)(c3ccc(-c4ccc(-c5ccc(C6(OCOC)CCC(OCOC)(c7ccc(Br)cc7)CC6)cc5)cc4)cc3)CC2)cc1. The lowest BCUT2D eigenvalue weighted by atomic mass is 9.70. The van der Waals surface area contributed by atoms with Crippen molar-refractivity contribution < 1.29 is 37.9 Å². The highest BCUT2D eigenvalue weighted by Gasteiger charge is 2.48. The van der Waals surface area contributed by atoms with Crippen LogP contribution in [0.1, 0.15) is 73.6 Å². The van der Waals surface area contributed by atoms with Crippen LogP contribution in [-0.4, -0.2) is 63.5 Å². The first kappa shape index (κ1) is 44.4.